The van der Waals surface area contributed by atoms with Gasteiger partial charge in [-0.2, -0.15) is 0 Å². The molecule has 1 saturated carbocycles. The van der Waals surface area contributed by atoms with Gasteiger partial charge in [0.1, 0.15) is 0 Å². The molecule has 0 aromatic rings. The highest BCUT2D eigenvalue weighted by Crippen LogP contribution is 2.34. The summed E-state index contributed by atoms with van der Waals surface area (Å²) in [5.41, 5.74) is 5.99. The second-order valence-electron chi connectivity index (χ2n) is 6.39. The SMILES string of the molecule is CCC1CCCN(C2CC(C)CCC2CN)C1. The summed E-state index contributed by atoms with van der Waals surface area (Å²) in [6, 6.07) is 0.790. The van der Waals surface area contributed by atoms with Crippen LogP contribution in [0.2, 0.25) is 0 Å². The third-order valence-electron chi connectivity index (χ3n) is 5.12. The smallest absolute Gasteiger partial charge is 0.0138 e. The molecular weight excluding hydrogens is 208 g/mol. The van der Waals surface area contributed by atoms with Crippen molar-refractivity contribution in [2.75, 3.05) is 19.6 Å². The van der Waals surface area contributed by atoms with Crippen molar-refractivity contribution < 1.29 is 0 Å². The standard InChI is InChI=1S/C15H30N2/c1-3-13-5-4-8-17(11-13)15-9-12(2)6-7-14(15)10-16/h12-15H,3-11,16H2,1-2H3. The minimum Gasteiger partial charge on any atom is -0.330 e. The predicted molar refractivity (Wildman–Crippen MR) is 73.9 cm³/mol. The molecule has 1 saturated heterocycles. The number of likely N-dealkylation sites (tertiary alicyclic amines) is 1. The van der Waals surface area contributed by atoms with Gasteiger partial charge >= 0.3 is 0 Å². The van der Waals surface area contributed by atoms with E-state index in [9.17, 15) is 0 Å². The Balaban J connectivity index is 1.97. The monoisotopic (exact) mass is 238 g/mol. The minimum absolute atomic E-state index is 0.766. The Morgan fingerprint density at radius 1 is 1.24 bits per heavy atom. The van der Waals surface area contributed by atoms with E-state index in [-0.39, 0.29) is 0 Å². The first kappa shape index (κ1) is 13.4. The third kappa shape index (κ3) is 3.23. The number of hydrogen-bond donors (Lipinski definition) is 1. The lowest BCUT2D eigenvalue weighted by Gasteiger charge is -2.45. The predicted octanol–water partition coefficient (Wildman–Crippen LogP) is 2.87. The summed E-state index contributed by atoms with van der Waals surface area (Å²) in [6.45, 7) is 8.32. The number of nitrogens with zero attached hydrogens (tertiary/aromatic N) is 1. The Bertz CT molecular complexity index is 229. The molecule has 1 aliphatic heterocycles. The van der Waals surface area contributed by atoms with E-state index in [1.807, 2.05) is 0 Å². The van der Waals surface area contributed by atoms with Crippen molar-refractivity contribution in [1.82, 2.24) is 4.90 Å². The van der Waals surface area contributed by atoms with Crippen LogP contribution in [-0.4, -0.2) is 30.6 Å². The molecule has 4 atom stereocenters. The Morgan fingerprint density at radius 3 is 2.76 bits per heavy atom. The van der Waals surface area contributed by atoms with E-state index >= 15 is 0 Å². The van der Waals surface area contributed by atoms with E-state index in [1.165, 1.54) is 51.6 Å². The van der Waals surface area contributed by atoms with Gasteiger partial charge in [-0.15, -0.1) is 0 Å². The van der Waals surface area contributed by atoms with Crippen LogP contribution < -0.4 is 5.73 Å². The molecule has 2 nitrogen and oxygen atoms in total. The van der Waals surface area contributed by atoms with Crippen molar-refractivity contribution >= 4 is 0 Å². The number of nitrogens with two attached hydrogens (primary N) is 1. The van der Waals surface area contributed by atoms with Crippen LogP contribution in [-0.2, 0) is 0 Å². The molecule has 2 N–H and O–H groups in total. The van der Waals surface area contributed by atoms with Gasteiger partial charge in [0.15, 0.2) is 0 Å². The highest BCUT2D eigenvalue weighted by Gasteiger charge is 2.34. The minimum atomic E-state index is 0.766. The van der Waals surface area contributed by atoms with Gasteiger partial charge in [-0.05, 0) is 56.5 Å². The summed E-state index contributed by atoms with van der Waals surface area (Å²) in [5.74, 6) is 2.62. The second-order valence-corrected chi connectivity index (χ2v) is 6.39. The van der Waals surface area contributed by atoms with Crippen molar-refractivity contribution in [1.29, 1.82) is 0 Å². The van der Waals surface area contributed by atoms with Gasteiger partial charge in [-0.1, -0.05) is 26.7 Å². The quantitative estimate of drug-likeness (QED) is 0.819. The van der Waals surface area contributed by atoms with E-state index < -0.39 is 0 Å². The van der Waals surface area contributed by atoms with E-state index in [1.54, 1.807) is 0 Å². The summed E-state index contributed by atoms with van der Waals surface area (Å²) in [6.07, 6.45) is 8.34. The Hall–Kier alpha value is -0.0800. The summed E-state index contributed by atoms with van der Waals surface area (Å²) in [7, 11) is 0. The maximum Gasteiger partial charge on any atom is 0.0138 e. The lowest BCUT2D eigenvalue weighted by Crippen LogP contribution is -2.50. The first-order chi connectivity index (χ1) is 8.24. The molecule has 2 fully saturated rings. The zero-order chi connectivity index (χ0) is 12.3. The number of rotatable bonds is 3. The Kier molecular flexibility index (Phi) is 4.87. The second kappa shape index (κ2) is 6.19. The lowest BCUT2D eigenvalue weighted by molar-refractivity contribution is 0.0488. The van der Waals surface area contributed by atoms with Gasteiger partial charge in [0.2, 0.25) is 0 Å². The summed E-state index contributed by atoms with van der Waals surface area (Å²) in [4.78, 5) is 2.78. The van der Waals surface area contributed by atoms with Crippen molar-refractivity contribution in [2.45, 2.75) is 58.4 Å². The normalized spacial score (nSPS) is 40.4. The van der Waals surface area contributed by atoms with Gasteiger partial charge in [0.05, 0.1) is 0 Å². The molecule has 1 aliphatic carbocycles. The average Bonchev–Trinajstić information content (AvgIpc) is 2.39. The maximum atomic E-state index is 5.99. The Morgan fingerprint density at radius 2 is 2.06 bits per heavy atom. The highest BCUT2D eigenvalue weighted by molar-refractivity contribution is 4.88. The van der Waals surface area contributed by atoms with Crippen molar-refractivity contribution in [2.24, 2.45) is 23.5 Å². The topological polar surface area (TPSA) is 29.3 Å². The lowest BCUT2D eigenvalue weighted by atomic mass is 9.77. The number of piperidine rings is 1. The fourth-order valence-electron chi connectivity index (χ4n) is 3.87. The molecule has 0 amide bonds. The highest BCUT2D eigenvalue weighted by atomic mass is 15.2. The molecular formula is C15H30N2. The van der Waals surface area contributed by atoms with E-state index in [4.69, 9.17) is 5.73 Å². The molecule has 4 unspecified atom stereocenters. The molecule has 0 aromatic carbocycles. The van der Waals surface area contributed by atoms with E-state index in [0.29, 0.717) is 0 Å². The van der Waals surface area contributed by atoms with Crippen LogP contribution in [0.5, 0.6) is 0 Å². The summed E-state index contributed by atoms with van der Waals surface area (Å²) < 4.78 is 0. The average molecular weight is 238 g/mol. The van der Waals surface area contributed by atoms with E-state index in [0.717, 1.165) is 30.3 Å². The van der Waals surface area contributed by atoms with Gasteiger partial charge < -0.3 is 5.73 Å². The molecule has 0 bridgehead atoms. The zero-order valence-electron chi connectivity index (χ0n) is 11.7. The first-order valence-corrected chi connectivity index (χ1v) is 7.68. The molecule has 2 aliphatic rings. The van der Waals surface area contributed by atoms with Crippen LogP contribution in [0.1, 0.15) is 52.4 Å². The largest absolute Gasteiger partial charge is 0.330 e. The van der Waals surface area contributed by atoms with Gasteiger partial charge in [-0.25, -0.2) is 0 Å². The molecule has 2 heteroatoms. The third-order valence-corrected chi connectivity index (χ3v) is 5.12. The van der Waals surface area contributed by atoms with Crippen LogP contribution in [0.3, 0.4) is 0 Å². The van der Waals surface area contributed by atoms with Crippen LogP contribution in [0.4, 0.5) is 0 Å². The summed E-state index contributed by atoms with van der Waals surface area (Å²) >= 11 is 0. The van der Waals surface area contributed by atoms with Gasteiger partial charge in [-0.3, -0.25) is 4.90 Å². The molecule has 17 heavy (non-hydrogen) atoms. The van der Waals surface area contributed by atoms with Crippen LogP contribution in [0.25, 0.3) is 0 Å². The fraction of sp³-hybridized carbons (Fsp3) is 1.00. The molecule has 0 radical (unpaired) electrons. The summed E-state index contributed by atoms with van der Waals surface area (Å²) in [5, 5.41) is 0. The van der Waals surface area contributed by atoms with Crippen LogP contribution >= 0.6 is 0 Å². The van der Waals surface area contributed by atoms with Crippen LogP contribution in [0.15, 0.2) is 0 Å². The molecule has 2 rings (SSSR count). The van der Waals surface area contributed by atoms with Crippen molar-refractivity contribution in [3.05, 3.63) is 0 Å². The van der Waals surface area contributed by atoms with Crippen molar-refractivity contribution in [3.63, 3.8) is 0 Å². The van der Waals surface area contributed by atoms with Crippen molar-refractivity contribution in [3.8, 4) is 0 Å². The van der Waals surface area contributed by atoms with E-state index in [2.05, 4.69) is 18.7 Å². The number of hydrogen-bond acceptors (Lipinski definition) is 2. The Labute approximate surface area is 107 Å². The molecule has 100 valence electrons. The fourth-order valence-corrected chi connectivity index (χ4v) is 3.87. The zero-order valence-corrected chi connectivity index (χ0v) is 11.7. The first-order valence-electron chi connectivity index (χ1n) is 7.68. The molecule has 0 spiro atoms. The molecule has 1 heterocycles. The van der Waals surface area contributed by atoms with Gasteiger partial charge in [0.25, 0.3) is 0 Å². The maximum absolute atomic E-state index is 5.99. The molecule has 0 aromatic heterocycles. The van der Waals surface area contributed by atoms with Crippen LogP contribution in [0, 0.1) is 17.8 Å². The van der Waals surface area contributed by atoms with Gasteiger partial charge in [0, 0.05) is 12.6 Å².